The van der Waals surface area contributed by atoms with E-state index >= 15 is 0 Å². The molecule has 6 heteroatoms. The molecule has 2 heterocycles. The molecule has 0 aromatic carbocycles. The Kier molecular flexibility index (Phi) is 5.31. The molecule has 1 aliphatic heterocycles. The van der Waals surface area contributed by atoms with Gasteiger partial charge in [0.2, 0.25) is 5.91 Å². The van der Waals surface area contributed by atoms with Gasteiger partial charge in [0.25, 0.3) is 0 Å². The van der Waals surface area contributed by atoms with E-state index in [1.165, 1.54) is 0 Å². The highest BCUT2D eigenvalue weighted by atomic mass is 16.5. The SMILES string of the molecule is CCN1CCOC(CNC(=O)Cc2ccc(N)cn2)C1. The van der Waals surface area contributed by atoms with Crippen LogP contribution in [-0.4, -0.2) is 54.7 Å². The zero-order chi connectivity index (χ0) is 14.4. The van der Waals surface area contributed by atoms with Crippen LogP contribution >= 0.6 is 0 Å². The fraction of sp³-hybridized carbons (Fsp3) is 0.571. The Hall–Kier alpha value is -1.66. The molecule has 6 nitrogen and oxygen atoms in total. The Morgan fingerprint density at radius 1 is 1.60 bits per heavy atom. The van der Waals surface area contributed by atoms with E-state index in [1.54, 1.807) is 18.3 Å². The fourth-order valence-corrected chi connectivity index (χ4v) is 2.19. The van der Waals surface area contributed by atoms with Crippen LogP contribution in [-0.2, 0) is 16.0 Å². The number of carbonyl (C=O) groups excluding carboxylic acids is 1. The Labute approximate surface area is 119 Å². The first-order valence-corrected chi connectivity index (χ1v) is 6.98. The van der Waals surface area contributed by atoms with Crippen molar-refractivity contribution in [3.8, 4) is 0 Å². The van der Waals surface area contributed by atoms with Gasteiger partial charge in [-0.05, 0) is 18.7 Å². The fourth-order valence-electron chi connectivity index (χ4n) is 2.19. The van der Waals surface area contributed by atoms with E-state index in [0.29, 0.717) is 12.2 Å². The summed E-state index contributed by atoms with van der Waals surface area (Å²) in [7, 11) is 0. The molecule has 20 heavy (non-hydrogen) atoms. The summed E-state index contributed by atoms with van der Waals surface area (Å²) >= 11 is 0. The number of carbonyl (C=O) groups is 1. The number of aromatic nitrogens is 1. The highest BCUT2D eigenvalue weighted by Crippen LogP contribution is 2.04. The van der Waals surface area contributed by atoms with Crippen LogP contribution in [0.15, 0.2) is 18.3 Å². The lowest BCUT2D eigenvalue weighted by atomic mass is 10.2. The van der Waals surface area contributed by atoms with Gasteiger partial charge in [-0.25, -0.2) is 0 Å². The number of morpholine rings is 1. The van der Waals surface area contributed by atoms with Crippen molar-refractivity contribution in [1.29, 1.82) is 0 Å². The van der Waals surface area contributed by atoms with Crippen molar-refractivity contribution in [2.75, 3.05) is 38.5 Å². The molecule has 1 aliphatic rings. The van der Waals surface area contributed by atoms with E-state index in [-0.39, 0.29) is 18.4 Å². The first kappa shape index (κ1) is 14.7. The van der Waals surface area contributed by atoms with E-state index in [2.05, 4.69) is 22.1 Å². The Bertz CT molecular complexity index is 435. The van der Waals surface area contributed by atoms with Crippen LogP contribution in [0.2, 0.25) is 0 Å². The van der Waals surface area contributed by atoms with Gasteiger partial charge in [-0.3, -0.25) is 14.7 Å². The maximum absolute atomic E-state index is 11.8. The molecule has 2 rings (SSSR count). The molecule has 0 spiro atoms. The number of likely N-dealkylation sites (N-methyl/N-ethyl adjacent to an activating group) is 1. The molecule has 0 bridgehead atoms. The third-order valence-electron chi connectivity index (χ3n) is 3.39. The zero-order valence-electron chi connectivity index (χ0n) is 11.8. The van der Waals surface area contributed by atoms with Crippen LogP contribution in [0.25, 0.3) is 0 Å². The molecule has 1 fully saturated rings. The topological polar surface area (TPSA) is 80.5 Å². The predicted octanol–water partition coefficient (Wildman–Crippen LogP) is 0.0432. The van der Waals surface area contributed by atoms with Gasteiger partial charge in [0.1, 0.15) is 0 Å². The van der Waals surface area contributed by atoms with E-state index in [4.69, 9.17) is 10.5 Å². The summed E-state index contributed by atoms with van der Waals surface area (Å²) in [4.78, 5) is 18.3. The molecule has 3 N–H and O–H groups in total. The summed E-state index contributed by atoms with van der Waals surface area (Å²) in [6.45, 7) is 6.27. The van der Waals surface area contributed by atoms with Crippen LogP contribution in [0.3, 0.4) is 0 Å². The maximum Gasteiger partial charge on any atom is 0.226 e. The number of rotatable bonds is 5. The Morgan fingerprint density at radius 3 is 3.15 bits per heavy atom. The smallest absolute Gasteiger partial charge is 0.226 e. The summed E-state index contributed by atoms with van der Waals surface area (Å²) in [6.07, 6.45) is 1.91. The van der Waals surface area contributed by atoms with Gasteiger partial charge in [-0.2, -0.15) is 0 Å². The Morgan fingerprint density at radius 2 is 2.45 bits per heavy atom. The molecule has 1 aromatic rings. The second-order valence-electron chi connectivity index (χ2n) is 4.95. The van der Waals surface area contributed by atoms with Crippen molar-refractivity contribution in [3.05, 3.63) is 24.0 Å². The standard InChI is InChI=1S/C14H22N4O2/c1-2-18-5-6-20-13(10-18)9-17-14(19)7-12-4-3-11(15)8-16-12/h3-4,8,13H,2,5-7,9-10,15H2,1H3,(H,17,19). The van der Waals surface area contributed by atoms with E-state index < -0.39 is 0 Å². The normalized spacial score (nSPS) is 19.8. The van der Waals surface area contributed by atoms with Gasteiger partial charge in [-0.15, -0.1) is 0 Å². The summed E-state index contributed by atoms with van der Waals surface area (Å²) in [5, 5.41) is 2.90. The number of nitrogens with zero attached hydrogens (tertiary/aromatic N) is 2. The monoisotopic (exact) mass is 278 g/mol. The van der Waals surface area contributed by atoms with Crippen LogP contribution < -0.4 is 11.1 Å². The second kappa shape index (κ2) is 7.21. The third-order valence-corrected chi connectivity index (χ3v) is 3.39. The molecular formula is C14H22N4O2. The number of hydrogen-bond donors (Lipinski definition) is 2. The molecule has 1 unspecified atom stereocenters. The van der Waals surface area contributed by atoms with Gasteiger partial charge < -0.3 is 15.8 Å². The van der Waals surface area contributed by atoms with Gasteiger partial charge in [0.15, 0.2) is 0 Å². The number of pyridine rings is 1. The van der Waals surface area contributed by atoms with Crippen molar-refractivity contribution >= 4 is 11.6 Å². The van der Waals surface area contributed by atoms with Gasteiger partial charge in [-0.1, -0.05) is 6.92 Å². The maximum atomic E-state index is 11.8. The number of hydrogen-bond acceptors (Lipinski definition) is 5. The van der Waals surface area contributed by atoms with Crippen LogP contribution in [0.5, 0.6) is 0 Å². The average molecular weight is 278 g/mol. The van der Waals surface area contributed by atoms with Crippen molar-refractivity contribution in [1.82, 2.24) is 15.2 Å². The second-order valence-corrected chi connectivity index (χ2v) is 4.95. The molecule has 0 radical (unpaired) electrons. The van der Waals surface area contributed by atoms with Gasteiger partial charge in [0.05, 0.1) is 31.0 Å². The van der Waals surface area contributed by atoms with Crippen molar-refractivity contribution < 1.29 is 9.53 Å². The summed E-state index contributed by atoms with van der Waals surface area (Å²) in [5.41, 5.74) is 6.88. The minimum absolute atomic E-state index is 0.0421. The van der Waals surface area contributed by atoms with E-state index in [1.807, 2.05) is 0 Å². The molecule has 0 aliphatic carbocycles. The third kappa shape index (κ3) is 4.47. The van der Waals surface area contributed by atoms with Gasteiger partial charge in [0, 0.05) is 25.3 Å². The molecule has 1 saturated heterocycles. The first-order valence-electron chi connectivity index (χ1n) is 6.98. The zero-order valence-corrected chi connectivity index (χ0v) is 11.8. The minimum atomic E-state index is -0.0421. The van der Waals surface area contributed by atoms with Crippen LogP contribution in [0.1, 0.15) is 12.6 Å². The molecule has 1 amide bonds. The summed E-state index contributed by atoms with van der Waals surface area (Å²) in [6, 6.07) is 3.52. The largest absolute Gasteiger partial charge is 0.397 e. The molecule has 0 saturated carbocycles. The highest BCUT2D eigenvalue weighted by molar-refractivity contribution is 5.78. The number of nitrogens with one attached hydrogen (secondary N) is 1. The van der Waals surface area contributed by atoms with E-state index in [0.717, 1.165) is 31.9 Å². The molecular weight excluding hydrogens is 256 g/mol. The lowest BCUT2D eigenvalue weighted by molar-refractivity contribution is -0.121. The van der Waals surface area contributed by atoms with Crippen LogP contribution in [0, 0.1) is 0 Å². The summed E-state index contributed by atoms with van der Waals surface area (Å²) in [5.74, 6) is -0.0421. The van der Waals surface area contributed by atoms with E-state index in [9.17, 15) is 4.79 Å². The number of nitrogens with two attached hydrogens (primary N) is 1. The van der Waals surface area contributed by atoms with Crippen molar-refractivity contribution in [2.45, 2.75) is 19.4 Å². The lowest BCUT2D eigenvalue weighted by Gasteiger charge is -2.32. The van der Waals surface area contributed by atoms with Crippen molar-refractivity contribution in [2.24, 2.45) is 0 Å². The quantitative estimate of drug-likeness (QED) is 0.795. The first-order chi connectivity index (χ1) is 9.67. The number of nitrogen functional groups attached to an aromatic ring is 1. The molecule has 110 valence electrons. The van der Waals surface area contributed by atoms with Crippen LogP contribution in [0.4, 0.5) is 5.69 Å². The number of anilines is 1. The number of amides is 1. The van der Waals surface area contributed by atoms with Crippen molar-refractivity contribution in [3.63, 3.8) is 0 Å². The van der Waals surface area contributed by atoms with Gasteiger partial charge >= 0.3 is 0 Å². The average Bonchev–Trinajstić information content (AvgIpc) is 2.48. The highest BCUT2D eigenvalue weighted by Gasteiger charge is 2.19. The number of ether oxygens (including phenoxy) is 1. The predicted molar refractivity (Wildman–Crippen MR) is 77.2 cm³/mol. The lowest BCUT2D eigenvalue weighted by Crippen LogP contribution is -2.47. The minimum Gasteiger partial charge on any atom is -0.397 e. The molecule has 1 aromatic heterocycles. The Balaban J connectivity index is 1.73. The molecule has 1 atom stereocenters. The summed E-state index contributed by atoms with van der Waals surface area (Å²) < 4.78 is 5.64.